The second kappa shape index (κ2) is 10.1. The van der Waals surface area contributed by atoms with Crippen LogP contribution in [0, 0.1) is 0 Å². The second-order valence-corrected chi connectivity index (χ2v) is 5.69. The minimum Gasteiger partial charge on any atom is -0.496 e. The molecule has 2 rings (SSSR count). The van der Waals surface area contributed by atoms with Gasteiger partial charge in [0.05, 0.1) is 42.7 Å². The van der Waals surface area contributed by atoms with Gasteiger partial charge in [-0.3, -0.25) is 4.79 Å². The van der Waals surface area contributed by atoms with Crippen LogP contribution in [0.1, 0.15) is 5.56 Å². The molecule has 0 saturated heterocycles. The van der Waals surface area contributed by atoms with Crippen molar-refractivity contribution in [2.45, 2.75) is 0 Å². The lowest BCUT2D eigenvalue weighted by atomic mass is 10.1. The fourth-order valence-electron chi connectivity index (χ4n) is 2.69. The molecule has 0 aromatic heterocycles. The van der Waals surface area contributed by atoms with Crippen LogP contribution in [0.2, 0.25) is 0 Å². The molecule has 2 aromatic rings. The highest BCUT2D eigenvalue weighted by molar-refractivity contribution is 6.02. The summed E-state index contributed by atoms with van der Waals surface area (Å²) in [5.41, 5.74) is 1.15. The molecule has 0 heterocycles. The van der Waals surface area contributed by atoms with E-state index in [-0.39, 0.29) is 5.91 Å². The number of rotatable bonds is 9. The van der Waals surface area contributed by atoms with Crippen LogP contribution in [-0.4, -0.2) is 48.6 Å². The van der Waals surface area contributed by atoms with Gasteiger partial charge < -0.3 is 33.7 Å². The van der Waals surface area contributed by atoms with Gasteiger partial charge in [-0.25, -0.2) is 0 Å². The molecule has 156 valence electrons. The van der Waals surface area contributed by atoms with Gasteiger partial charge in [0.1, 0.15) is 5.75 Å². The van der Waals surface area contributed by atoms with Gasteiger partial charge in [0.15, 0.2) is 23.0 Å². The summed E-state index contributed by atoms with van der Waals surface area (Å²) in [4.78, 5) is 12.4. The molecule has 0 unspecified atom stereocenters. The third-order valence-corrected chi connectivity index (χ3v) is 4.08. The summed E-state index contributed by atoms with van der Waals surface area (Å²) in [5, 5.41) is 2.76. The Kier molecular flexibility index (Phi) is 7.59. The van der Waals surface area contributed by atoms with E-state index in [0.717, 1.165) is 0 Å². The molecule has 0 radical (unpaired) electrons. The lowest BCUT2D eigenvalue weighted by Crippen LogP contribution is -2.08. The van der Waals surface area contributed by atoms with Crippen LogP contribution in [0.3, 0.4) is 0 Å². The Hall–Kier alpha value is -3.55. The molecule has 1 amide bonds. The molecule has 0 bridgehead atoms. The number of hydrogen-bond acceptors (Lipinski definition) is 7. The zero-order valence-corrected chi connectivity index (χ0v) is 17.3. The molecule has 1 N–H and O–H groups in total. The van der Waals surface area contributed by atoms with Crippen molar-refractivity contribution in [3.63, 3.8) is 0 Å². The van der Waals surface area contributed by atoms with Crippen molar-refractivity contribution in [3.05, 3.63) is 35.9 Å². The van der Waals surface area contributed by atoms with Crippen LogP contribution < -0.4 is 33.7 Å². The van der Waals surface area contributed by atoms with Gasteiger partial charge in [0.25, 0.3) is 0 Å². The van der Waals surface area contributed by atoms with Crippen LogP contribution in [0.5, 0.6) is 34.5 Å². The molecule has 0 spiro atoms. The Morgan fingerprint density at radius 1 is 0.690 bits per heavy atom. The molecule has 0 atom stereocenters. The highest BCUT2D eigenvalue weighted by atomic mass is 16.5. The van der Waals surface area contributed by atoms with Crippen LogP contribution in [0.4, 0.5) is 5.69 Å². The fraction of sp³-hybridized carbons (Fsp3) is 0.286. The molecule has 0 aliphatic rings. The standard InChI is InChI=1S/C21H25NO7/c1-24-15-12-17(26-3)16(25-2)9-13(15)7-8-20(23)22-14-10-18(27-4)21(29-6)19(11-14)28-5/h7-12H,1-6H3,(H,22,23)/b8-7+. The largest absolute Gasteiger partial charge is 0.496 e. The molecule has 2 aromatic carbocycles. The van der Waals surface area contributed by atoms with Crippen LogP contribution in [-0.2, 0) is 4.79 Å². The number of ether oxygens (including phenoxy) is 6. The van der Waals surface area contributed by atoms with Gasteiger partial charge in [-0.1, -0.05) is 0 Å². The summed E-state index contributed by atoms with van der Waals surface area (Å²) in [5.74, 6) is 2.57. The highest BCUT2D eigenvalue weighted by Crippen LogP contribution is 2.40. The Bertz CT molecular complexity index is 868. The molecular formula is C21H25NO7. The maximum absolute atomic E-state index is 12.4. The number of anilines is 1. The van der Waals surface area contributed by atoms with Gasteiger partial charge in [-0.05, 0) is 12.1 Å². The van der Waals surface area contributed by atoms with Crippen molar-refractivity contribution in [3.8, 4) is 34.5 Å². The van der Waals surface area contributed by atoms with Crippen molar-refractivity contribution in [2.75, 3.05) is 48.0 Å². The highest BCUT2D eigenvalue weighted by Gasteiger charge is 2.14. The Morgan fingerprint density at radius 3 is 1.69 bits per heavy atom. The van der Waals surface area contributed by atoms with E-state index >= 15 is 0 Å². The van der Waals surface area contributed by atoms with Gasteiger partial charge in [-0.2, -0.15) is 0 Å². The maximum Gasteiger partial charge on any atom is 0.248 e. The monoisotopic (exact) mass is 403 g/mol. The van der Waals surface area contributed by atoms with E-state index in [2.05, 4.69) is 5.32 Å². The third kappa shape index (κ3) is 5.04. The number of amides is 1. The van der Waals surface area contributed by atoms with E-state index in [0.29, 0.717) is 45.7 Å². The van der Waals surface area contributed by atoms with Crippen molar-refractivity contribution >= 4 is 17.7 Å². The van der Waals surface area contributed by atoms with Gasteiger partial charge in [0.2, 0.25) is 11.7 Å². The first-order chi connectivity index (χ1) is 14.0. The normalized spacial score (nSPS) is 10.4. The van der Waals surface area contributed by atoms with E-state index in [1.165, 1.54) is 48.7 Å². The number of carbonyl (C=O) groups is 1. The summed E-state index contributed by atoms with van der Waals surface area (Å²) >= 11 is 0. The number of nitrogens with one attached hydrogen (secondary N) is 1. The van der Waals surface area contributed by atoms with Crippen molar-refractivity contribution in [2.24, 2.45) is 0 Å². The van der Waals surface area contributed by atoms with Gasteiger partial charge in [0, 0.05) is 35.5 Å². The first-order valence-electron chi connectivity index (χ1n) is 8.60. The summed E-state index contributed by atoms with van der Waals surface area (Å²) < 4.78 is 31.8. The molecule has 0 aliphatic heterocycles. The average molecular weight is 403 g/mol. The maximum atomic E-state index is 12.4. The first kappa shape index (κ1) is 21.7. The number of carbonyl (C=O) groups excluding carboxylic acids is 1. The first-order valence-corrected chi connectivity index (χ1v) is 8.60. The summed E-state index contributed by atoms with van der Waals surface area (Å²) in [6.45, 7) is 0. The predicted molar refractivity (Wildman–Crippen MR) is 110 cm³/mol. The third-order valence-electron chi connectivity index (χ3n) is 4.08. The summed E-state index contributed by atoms with van der Waals surface area (Å²) in [7, 11) is 9.14. The average Bonchev–Trinajstić information content (AvgIpc) is 2.75. The Labute approximate surface area is 169 Å². The number of benzene rings is 2. The minimum absolute atomic E-state index is 0.351. The molecule has 0 aliphatic carbocycles. The molecular weight excluding hydrogens is 378 g/mol. The van der Waals surface area contributed by atoms with Crippen LogP contribution in [0.15, 0.2) is 30.3 Å². The Balaban J connectivity index is 2.26. The van der Waals surface area contributed by atoms with Crippen LogP contribution >= 0.6 is 0 Å². The van der Waals surface area contributed by atoms with Gasteiger partial charge >= 0.3 is 0 Å². The lowest BCUT2D eigenvalue weighted by Gasteiger charge is -2.14. The molecule has 8 nitrogen and oxygen atoms in total. The SMILES string of the molecule is COc1cc(OC)c(OC)cc1/C=C/C(=O)Nc1cc(OC)c(OC)c(OC)c1. The minimum atomic E-state index is -0.351. The zero-order chi connectivity index (χ0) is 21.4. The fourth-order valence-corrected chi connectivity index (χ4v) is 2.69. The predicted octanol–water partition coefficient (Wildman–Crippen LogP) is 3.39. The smallest absolute Gasteiger partial charge is 0.248 e. The second-order valence-electron chi connectivity index (χ2n) is 5.69. The lowest BCUT2D eigenvalue weighted by molar-refractivity contribution is -0.111. The van der Waals surface area contributed by atoms with Crippen molar-refractivity contribution in [1.82, 2.24) is 0 Å². The summed E-state index contributed by atoms with van der Waals surface area (Å²) in [6.07, 6.45) is 3.00. The molecule has 0 fully saturated rings. The van der Waals surface area contributed by atoms with E-state index in [1.807, 2.05) is 0 Å². The van der Waals surface area contributed by atoms with E-state index in [1.54, 1.807) is 30.3 Å². The van der Waals surface area contributed by atoms with E-state index < -0.39 is 0 Å². The van der Waals surface area contributed by atoms with Crippen molar-refractivity contribution in [1.29, 1.82) is 0 Å². The topological polar surface area (TPSA) is 84.5 Å². The molecule has 29 heavy (non-hydrogen) atoms. The Morgan fingerprint density at radius 2 is 1.21 bits per heavy atom. The quantitative estimate of drug-likeness (QED) is 0.643. The summed E-state index contributed by atoms with van der Waals surface area (Å²) in [6, 6.07) is 6.70. The number of methoxy groups -OCH3 is 6. The molecule has 0 saturated carbocycles. The number of hydrogen-bond donors (Lipinski definition) is 1. The van der Waals surface area contributed by atoms with E-state index in [4.69, 9.17) is 28.4 Å². The van der Waals surface area contributed by atoms with E-state index in [9.17, 15) is 4.79 Å². The zero-order valence-electron chi connectivity index (χ0n) is 17.3. The molecule has 8 heteroatoms. The van der Waals surface area contributed by atoms with Gasteiger partial charge in [-0.15, -0.1) is 0 Å². The van der Waals surface area contributed by atoms with Crippen LogP contribution in [0.25, 0.3) is 6.08 Å². The van der Waals surface area contributed by atoms with Crippen molar-refractivity contribution < 1.29 is 33.2 Å².